The topological polar surface area (TPSA) is 96.9 Å². The summed E-state index contributed by atoms with van der Waals surface area (Å²) in [5, 5.41) is 20.2. The number of nitrogens with zero attached hydrogens (tertiary/aromatic N) is 2. The number of rotatable bonds is 6. The summed E-state index contributed by atoms with van der Waals surface area (Å²) in [5.41, 5.74) is 4.14. The number of halogens is 1. The van der Waals surface area contributed by atoms with Crippen LogP contribution >= 0.6 is 11.6 Å². The molecule has 9 heteroatoms. The van der Waals surface area contributed by atoms with E-state index in [9.17, 15) is 14.7 Å². The molecule has 3 aromatic carbocycles. The zero-order chi connectivity index (χ0) is 25.9. The van der Waals surface area contributed by atoms with Crippen LogP contribution in [0.15, 0.2) is 66.7 Å². The smallest absolute Gasteiger partial charge is 0.258 e. The molecule has 1 saturated heterocycles. The molecule has 3 aromatic rings. The largest absolute Gasteiger partial charge is 0.506 e. The first-order valence-electron chi connectivity index (χ1n) is 12.1. The lowest BCUT2D eigenvalue weighted by Crippen LogP contribution is -2.47. The highest BCUT2D eigenvalue weighted by molar-refractivity contribution is 6.38. The molecule has 0 aliphatic carbocycles. The van der Waals surface area contributed by atoms with Crippen molar-refractivity contribution in [3.63, 3.8) is 0 Å². The van der Waals surface area contributed by atoms with Crippen molar-refractivity contribution in [1.82, 2.24) is 9.80 Å². The highest BCUT2D eigenvalue weighted by Gasteiger charge is 2.28. The van der Waals surface area contributed by atoms with Gasteiger partial charge in [0.2, 0.25) is 5.91 Å². The molecule has 2 heterocycles. The number of piperazine rings is 1. The number of amides is 2. The van der Waals surface area contributed by atoms with Gasteiger partial charge in [-0.3, -0.25) is 14.5 Å². The molecule has 0 aromatic heterocycles. The van der Waals surface area contributed by atoms with Gasteiger partial charge in [-0.25, -0.2) is 0 Å². The van der Waals surface area contributed by atoms with Crippen molar-refractivity contribution in [3.8, 4) is 5.75 Å². The van der Waals surface area contributed by atoms with E-state index in [1.165, 1.54) is 6.07 Å². The maximum atomic E-state index is 13.0. The number of carbonyl (C=O) groups is 2. The predicted octanol–water partition coefficient (Wildman–Crippen LogP) is 4.16. The first-order valence-corrected chi connectivity index (χ1v) is 12.5. The Bertz CT molecular complexity index is 1370. The van der Waals surface area contributed by atoms with Crippen molar-refractivity contribution in [3.05, 3.63) is 82.9 Å². The van der Waals surface area contributed by atoms with Crippen LogP contribution in [0.1, 0.15) is 11.1 Å². The molecule has 0 radical (unpaired) electrons. The number of carbonyl (C=O) groups excluding carboxylic acids is 2. The summed E-state index contributed by atoms with van der Waals surface area (Å²) in [6.07, 6.45) is 0. The number of phenolic OH excluding ortho intramolecular Hbond substituents is 1. The van der Waals surface area contributed by atoms with E-state index in [-0.39, 0.29) is 24.1 Å². The Morgan fingerprint density at radius 2 is 1.76 bits per heavy atom. The molecule has 1 fully saturated rings. The molecule has 5 rings (SSSR count). The average molecular weight is 518 g/mol. The minimum atomic E-state index is -0.249. The van der Waals surface area contributed by atoms with Crippen LogP contribution in [0.4, 0.5) is 17.1 Å². The van der Waals surface area contributed by atoms with Crippen LogP contribution in [-0.4, -0.2) is 66.5 Å². The van der Waals surface area contributed by atoms with Crippen LogP contribution < -0.4 is 16.0 Å². The summed E-state index contributed by atoms with van der Waals surface area (Å²) in [4.78, 5) is 29.9. The van der Waals surface area contributed by atoms with Crippen LogP contribution in [0.25, 0.3) is 11.3 Å². The Kier molecular flexibility index (Phi) is 7.14. The Balaban J connectivity index is 1.39. The Morgan fingerprint density at radius 3 is 2.49 bits per heavy atom. The minimum absolute atomic E-state index is 0.0720. The third-order valence-electron chi connectivity index (χ3n) is 6.54. The number of hydrogen-bond acceptors (Lipinski definition) is 6. The number of likely N-dealkylation sites (N-methyl/N-ethyl adjacent to an activating group) is 1. The summed E-state index contributed by atoms with van der Waals surface area (Å²) in [6.45, 7) is 3.79. The highest BCUT2D eigenvalue weighted by atomic mass is 35.5. The van der Waals surface area contributed by atoms with Crippen LogP contribution in [0, 0.1) is 0 Å². The average Bonchev–Trinajstić information content (AvgIpc) is 3.20. The van der Waals surface area contributed by atoms with E-state index in [2.05, 4.69) is 32.8 Å². The molecule has 2 aliphatic heterocycles. The molecule has 0 atom stereocenters. The van der Waals surface area contributed by atoms with Crippen LogP contribution in [0.2, 0.25) is 5.02 Å². The first-order chi connectivity index (χ1) is 17.9. The predicted molar refractivity (Wildman–Crippen MR) is 148 cm³/mol. The lowest BCUT2D eigenvalue weighted by molar-refractivity contribution is -0.117. The van der Waals surface area contributed by atoms with E-state index in [1.807, 2.05) is 36.4 Å². The van der Waals surface area contributed by atoms with Gasteiger partial charge in [0.05, 0.1) is 29.2 Å². The van der Waals surface area contributed by atoms with E-state index < -0.39 is 0 Å². The molecular formula is C28H28ClN5O3. The molecule has 0 bridgehead atoms. The second kappa shape index (κ2) is 10.6. The van der Waals surface area contributed by atoms with Gasteiger partial charge in [-0.05, 0) is 36.9 Å². The monoisotopic (exact) mass is 517 g/mol. The summed E-state index contributed by atoms with van der Waals surface area (Å²) in [6, 6.07) is 19.7. The van der Waals surface area contributed by atoms with Gasteiger partial charge in [0, 0.05) is 48.5 Å². The van der Waals surface area contributed by atoms with Gasteiger partial charge in [-0.2, -0.15) is 0 Å². The van der Waals surface area contributed by atoms with Crippen LogP contribution in [0.3, 0.4) is 0 Å². The zero-order valence-electron chi connectivity index (χ0n) is 20.4. The van der Waals surface area contributed by atoms with Crippen molar-refractivity contribution >= 4 is 51.7 Å². The maximum Gasteiger partial charge on any atom is 0.258 e. The van der Waals surface area contributed by atoms with E-state index >= 15 is 0 Å². The molecule has 37 heavy (non-hydrogen) atoms. The fourth-order valence-electron chi connectivity index (χ4n) is 4.54. The lowest BCUT2D eigenvalue weighted by Gasteiger charge is -2.31. The number of hydrogen-bond donors (Lipinski definition) is 4. The quantitative estimate of drug-likeness (QED) is 0.289. The molecule has 0 saturated carbocycles. The number of aromatic hydroxyl groups is 1. The third kappa shape index (κ3) is 5.61. The van der Waals surface area contributed by atoms with Gasteiger partial charge in [0.15, 0.2) is 0 Å². The Labute approximate surface area is 220 Å². The summed E-state index contributed by atoms with van der Waals surface area (Å²) in [7, 11) is 2.07. The molecular weight excluding hydrogens is 490 g/mol. The Hall–Kier alpha value is -3.85. The summed E-state index contributed by atoms with van der Waals surface area (Å²) < 4.78 is 0. The molecule has 4 N–H and O–H groups in total. The van der Waals surface area contributed by atoms with Crippen LogP contribution in [-0.2, 0) is 9.59 Å². The second-order valence-corrected chi connectivity index (χ2v) is 9.68. The molecule has 2 aliphatic rings. The molecule has 2 amide bonds. The van der Waals surface area contributed by atoms with Gasteiger partial charge in [-0.1, -0.05) is 48.0 Å². The molecule has 8 nitrogen and oxygen atoms in total. The van der Waals surface area contributed by atoms with Crippen molar-refractivity contribution in [1.29, 1.82) is 0 Å². The van der Waals surface area contributed by atoms with E-state index in [4.69, 9.17) is 11.6 Å². The lowest BCUT2D eigenvalue weighted by atomic mass is 10.00. The van der Waals surface area contributed by atoms with Gasteiger partial charge < -0.3 is 26.0 Å². The second-order valence-electron chi connectivity index (χ2n) is 9.24. The number of fused-ring (bicyclic) bond motifs is 1. The van der Waals surface area contributed by atoms with Gasteiger partial charge in [0.1, 0.15) is 5.75 Å². The molecule has 0 unspecified atom stereocenters. The maximum absolute atomic E-state index is 13.0. The van der Waals surface area contributed by atoms with Crippen molar-refractivity contribution in [2.45, 2.75) is 0 Å². The van der Waals surface area contributed by atoms with E-state index in [0.29, 0.717) is 33.4 Å². The number of anilines is 3. The summed E-state index contributed by atoms with van der Waals surface area (Å²) >= 11 is 6.13. The van der Waals surface area contributed by atoms with E-state index in [0.717, 1.165) is 37.3 Å². The minimum Gasteiger partial charge on any atom is -0.506 e. The van der Waals surface area contributed by atoms with Crippen molar-refractivity contribution in [2.24, 2.45) is 0 Å². The number of benzene rings is 3. The number of phenols is 1. The molecule has 190 valence electrons. The number of nitrogens with one attached hydrogen (secondary N) is 3. The van der Waals surface area contributed by atoms with Crippen molar-refractivity contribution < 1.29 is 14.7 Å². The highest BCUT2D eigenvalue weighted by Crippen LogP contribution is 2.39. The fourth-order valence-corrected chi connectivity index (χ4v) is 4.71. The fraction of sp³-hybridized carbons (Fsp3) is 0.214. The zero-order valence-corrected chi connectivity index (χ0v) is 21.2. The van der Waals surface area contributed by atoms with Gasteiger partial charge in [-0.15, -0.1) is 0 Å². The van der Waals surface area contributed by atoms with Gasteiger partial charge in [0.25, 0.3) is 5.91 Å². The normalized spacial score (nSPS) is 17.2. The first kappa shape index (κ1) is 24.8. The van der Waals surface area contributed by atoms with Crippen LogP contribution in [0.5, 0.6) is 5.75 Å². The van der Waals surface area contributed by atoms with Gasteiger partial charge >= 0.3 is 0 Å². The van der Waals surface area contributed by atoms with E-state index in [1.54, 1.807) is 24.3 Å². The summed E-state index contributed by atoms with van der Waals surface area (Å²) in [5.74, 6) is -0.497. The standard InChI is InChI=1S/C28H28ClN5O3/c1-33-11-13-34(14-12-33)17-25(36)31-22-10-8-20(16-24(22)35)30-27(18-5-3-2-4-6-18)26-21-9-7-19(29)15-23(21)32-28(26)37/h2-10,15-16,30,35H,11-14,17H2,1H3,(H,31,36)(H,32,37). The SMILES string of the molecule is CN1CCN(CC(=O)Nc2ccc(NC(=C3C(=O)Nc4cc(Cl)ccc43)c3ccccc3)cc2O)CC1. The Morgan fingerprint density at radius 1 is 1.00 bits per heavy atom. The molecule has 0 spiro atoms. The van der Waals surface area contributed by atoms with Crippen molar-refractivity contribution in [2.75, 3.05) is 55.7 Å². The third-order valence-corrected chi connectivity index (χ3v) is 6.78.